The lowest BCUT2D eigenvalue weighted by Crippen LogP contribution is -1.94. The standard InChI is InChI=1S/C9H7NO2.2ClH/c11-9(12)6-1-2-7-4-10-5-8(7)3-6;;/h1-5,10H,(H,11,12);2*1H. The Morgan fingerprint density at radius 2 is 1.79 bits per heavy atom. The number of benzene rings is 1. The van der Waals surface area contributed by atoms with Crippen LogP contribution in [0.4, 0.5) is 0 Å². The second kappa shape index (κ2) is 4.88. The number of halogens is 2. The molecule has 76 valence electrons. The van der Waals surface area contributed by atoms with Gasteiger partial charge in [-0.1, -0.05) is 6.07 Å². The molecule has 1 aromatic heterocycles. The van der Waals surface area contributed by atoms with Crippen molar-refractivity contribution in [1.29, 1.82) is 0 Å². The van der Waals surface area contributed by atoms with Crippen LogP contribution in [-0.4, -0.2) is 16.1 Å². The summed E-state index contributed by atoms with van der Waals surface area (Å²) < 4.78 is 0. The maximum Gasteiger partial charge on any atom is 0.335 e. The molecule has 0 aliphatic rings. The van der Waals surface area contributed by atoms with E-state index < -0.39 is 5.97 Å². The van der Waals surface area contributed by atoms with Crippen molar-refractivity contribution in [2.45, 2.75) is 0 Å². The Morgan fingerprint density at radius 3 is 2.43 bits per heavy atom. The van der Waals surface area contributed by atoms with Crippen LogP contribution in [-0.2, 0) is 0 Å². The summed E-state index contributed by atoms with van der Waals surface area (Å²) in [5.74, 6) is -0.891. The fraction of sp³-hybridized carbons (Fsp3) is 0. The second-order valence-electron chi connectivity index (χ2n) is 2.60. The predicted octanol–water partition coefficient (Wildman–Crippen LogP) is 2.71. The number of fused-ring (bicyclic) bond motifs is 1. The van der Waals surface area contributed by atoms with E-state index in [4.69, 9.17) is 5.11 Å². The SMILES string of the molecule is Cl.Cl.O=C(O)c1ccc2c[nH]cc2c1. The minimum atomic E-state index is -0.891. The molecule has 3 nitrogen and oxygen atoms in total. The summed E-state index contributed by atoms with van der Waals surface area (Å²) in [7, 11) is 0. The number of aromatic amines is 1. The summed E-state index contributed by atoms with van der Waals surface area (Å²) in [6, 6.07) is 5.03. The Labute approximate surface area is 92.9 Å². The number of nitrogens with one attached hydrogen (secondary N) is 1. The van der Waals surface area contributed by atoms with E-state index in [9.17, 15) is 4.79 Å². The van der Waals surface area contributed by atoms with Crippen LogP contribution >= 0.6 is 24.8 Å². The second-order valence-corrected chi connectivity index (χ2v) is 2.60. The molecule has 0 saturated heterocycles. The van der Waals surface area contributed by atoms with Gasteiger partial charge in [0.2, 0.25) is 0 Å². The minimum absolute atomic E-state index is 0. The fourth-order valence-electron chi connectivity index (χ4n) is 1.19. The summed E-state index contributed by atoms with van der Waals surface area (Å²) in [5.41, 5.74) is 0.321. The molecule has 1 aromatic carbocycles. The summed E-state index contributed by atoms with van der Waals surface area (Å²) in [5, 5.41) is 10.6. The van der Waals surface area contributed by atoms with E-state index in [1.807, 2.05) is 6.20 Å². The topological polar surface area (TPSA) is 53.1 Å². The summed E-state index contributed by atoms with van der Waals surface area (Å²) in [4.78, 5) is 13.5. The smallest absolute Gasteiger partial charge is 0.335 e. The van der Waals surface area contributed by atoms with Gasteiger partial charge in [0, 0.05) is 12.4 Å². The van der Waals surface area contributed by atoms with Gasteiger partial charge in [-0.2, -0.15) is 0 Å². The Balaban J connectivity index is 0.000000845. The van der Waals surface area contributed by atoms with Crippen LogP contribution in [0.25, 0.3) is 10.8 Å². The molecule has 0 unspecified atom stereocenters. The molecular weight excluding hydrogens is 225 g/mol. The zero-order chi connectivity index (χ0) is 8.55. The number of aromatic nitrogens is 1. The third-order valence-corrected chi connectivity index (χ3v) is 1.81. The zero-order valence-electron chi connectivity index (χ0n) is 7.06. The molecule has 14 heavy (non-hydrogen) atoms. The Kier molecular flexibility index (Phi) is 4.47. The molecule has 0 amide bonds. The number of carboxylic acid groups (broad SMARTS) is 1. The van der Waals surface area contributed by atoms with Gasteiger partial charge in [-0.25, -0.2) is 4.79 Å². The van der Waals surface area contributed by atoms with Gasteiger partial charge >= 0.3 is 5.97 Å². The van der Waals surface area contributed by atoms with Gasteiger partial charge in [-0.3, -0.25) is 0 Å². The normalized spacial score (nSPS) is 8.86. The van der Waals surface area contributed by atoms with E-state index in [-0.39, 0.29) is 24.8 Å². The van der Waals surface area contributed by atoms with Gasteiger partial charge in [-0.05, 0) is 22.9 Å². The van der Waals surface area contributed by atoms with Crippen LogP contribution in [0.2, 0.25) is 0 Å². The first kappa shape index (κ1) is 12.8. The van der Waals surface area contributed by atoms with Crippen LogP contribution in [0.3, 0.4) is 0 Å². The monoisotopic (exact) mass is 233 g/mol. The van der Waals surface area contributed by atoms with Gasteiger partial charge in [0.05, 0.1) is 5.56 Å². The Hall–Kier alpha value is -1.19. The number of hydrogen-bond acceptors (Lipinski definition) is 1. The summed E-state index contributed by atoms with van der Waals surface area (Å²) in [6.45, 7) is 0. The molecular formula is C9H9Cl2NO2. The van der Waals surface area contributed by atoms with E-state index in [2.05, 4.69) is 4.98 Å². The molecule has 0 spiro atoms. The van der Waals surface area contributed by atoms with E-state index in [1.54, 1.807) is 24.4 Å². The highest BCUT2D eigenvalue weighted by atomic mass is 35.5. The third kappa shape index (κ3) is 2.19. The molecule has 0 aliphatic heterocycles. The van der Waals surface area contributed by atoms with E-state index in [1.165, 1.54) is 0 Å². The maximum atomic E-state index is 10.6. The molecule has 0 fully saturated rings. The summed E-state index contributed by atoms with van der Waals surface area (Å²) in [6.07, 6.45) is 3.61. The van der Waals surface area contributed by atoms with E-state index in [0.29, 0.717) is 5.56 Å². The lowest BCUT2D eigenvalue weighted by Gasteiger charge is -1.92. The van der Waals surface area contributed by atoms with E-state index in [0.717, 1.165) is 10.8 Å². The molecule has 0 saturated carbocycles. The Bertz CT molecular complexity index is 439. The average Bonchev–Trinajstić information content (AvgIpc) is 2.49. The van der Waals surface area contributed by atoms with Crippen molar-refractivity contribution in [3.63, 3.8) is 0 Å². The maximum absolute atomic E-state index is 10.6. The number of rotatable bonds is 1. The van der Waals surface area contributed by atoms with Crippen LogP contribution in [0.1, 0.15) is 10.4 Å². The van der Waals surface area contributed by atoms with Crippen molar-refractivity contribution in [3.8, 4) is 0 Å². The van der Waals surface area contributed by atoms with Gasteiger partial charge in [0.25, 0.3) is 0 Å². The average molecular weight is 234 g/mol. The molecule has 0 atom stereocenters. The highest BCUT2D eigenvalue weighted by Crippen LogP contribution is 2.14. The number of carbonyl (C=O) groups is 1. The third-order valence-electron chi connectivity index (χ3n) is 1.81. The van der Waals surface area contributed by atoms with Gasteiger partial charge < -0.3 is 10.1 Å². The van der Waals surface area contributed by atoms with Crippen molar-refractivity contribution >= 4 is 41.6 Å². The van der Waals surface area contributed by atoms with Crippen molar-refractivity contribution < 1.29 is 9.90 Å². The number of H-pyrrole nitrogens is 1. The highest BCUT2D eigenvalue weighted by molar-refractivity contribution is 5.94. The van der Waals surface area contributed by atoms with E-state index >= 15 is 0 Å². The highest BCUT2D eigenvalue weighted by Gasteiger charge is 2.02. The van der Waals surface area contributed by atoms with Crippen molar-refractivity contribution in [2.24, 2.45) is 0 Å². The van der Waals surface area contributed by atoms with Crippen molar-refractivity contribution in [3.05, 3.63) is 36.2 Å². The molecule has 2 aromatic rings. The molecule has 2 N–H and O–H groups in total. The molecule has 0 radical (unpaired) electrons. The number of aromatic carboxylic acids is 1. The first-order chi connectivity index (χ1) is 5.77. The molecule has 1 heterocycles. The van der Waals surface area contributed by atoms with Crippen molar-refractivity contribution in [1.82, 2.24) is 4.98 Å². The van der Waals surface area contributed by atoms with Crippen LogP contribution in [0.5, 0.6) is 0 Å². The lowest BCUT2D eigenvalue weighted by atomic mass is 10.1. The van der Waals surface area contributed by atoms with Gasteiger partial charge in [-0.15, -0.1) is 24.8 Å². The summed E-state index contributed by atoms with van der Waals surface area (Å²) >= 11 is 0. The lowest BCUT2D eigenvalue weighted by molar-refractivity contribution is 0.0697. The van der Waals surface area contributed by atoms with Crippen molar-refractivity contribution in [2.75, 3.05) is 0 Å². The minimum Gasteiger partial charge on any atom is -0.478 e. The zero-order valence-corrected chi connectivity index (χ0v) is 8.69. The molecule has 0 aliphatic carbocycles. The number of hydrogen-bond donors (Lipinski definition) is 2. The first-order valence-corrected chi connectivity index (χ1v) is 3.57. The molecule has 5 heteroatoms. The number of carboxylic acids is 1. The van der Waals surface area contributed by atoms with Crippen LogP contribution in [0, 0.1) is 0 Å². The van der Waals surface area contributed by atoms with Gasteiger partial charge in [0.1, 0.15) is 0 Å². The largest absolute Gasteiger partial charge is 0.478 e. The van der Waals surface area contributed by atoms with Gasteiger partial charge in [0.15, 0.2) is 0 Å². The predicted molar refractivity (Wildman–Crippen MR) is 59.8 cm³/mol. The molecule has 2 rings (SSSR count). The van der Waals surface area contributed by atoms with Crippen LogP contribution < -0.4 is 0 Å². The fourth-order valence-corrected chi connectivity index (χ4v) is 1.19. The quantitative estimate of drug-likeness (QED) is 0.796. The molecule has 0 bridgehead atoms. The van der Waals surface area contributed by atoms with Crippen LogP contribution in [0.15, 0.2) is 30.6 Å². The first-order valence-electron chi connectivity index (χ1n) is 3.57. The Morgan fingerprint density at radius 1 is 1.14 bits per heavy atom.